The Kier molecular flexibility index (Phi) is 8.52. The number of aliphatic hydroxyl groups is 1. The zero-order valence-electron chi connectivity index (χ0n) is 9.06. The molecule has 0 saturated heterocycles. The van der Waals surface area contributed by atoms with Crippen LogP contribution in [0.4, 0.5) is 0 Å². The number of aliphatic hydroxyl groups excluding tert-OH is 1. The monoisotopic (exact) mass is 322 g/mol. The van der Waals surface area contributed by atoms with Crippen LogP contribution in [0, 0.1) is 0 Å². The largest absolute Gasteiger partial charge is 0.522 e. The van der Waals surface area contributed by atoms with Gasteiger partial charge in [-0.1, -0.05) is 21.6 Å². The van der Waals surface area contributed by atoms with Crippen LogP contribution < -0.4 is 0 Å². The first-order valence-corrected chi connectivity index (χ1v) is 11.4. The molecule has 7 N–H and O–H groups in total. The first-order valence-electron chi connectivity index (χ1n) is 4.89. The molecule has 0 rings (SSSR count). The van der Waals surface area contributed by atoms with Crippen molar-refractivity contribution < 1.29 is 33.9 Å². The highest BCUT2D eigenvalue weighted by Gasteiger charge is 2.37. The zero-order valence-corrected chi connectivity index (χ0v) is 12.7. The van der Waals surface area contributed by atoms with E-state index in [1.807, 2.05) is 0 Å². The fourth-order valence-corrected chi connectivity index (χ4v) is 4.65. The first-order chi connectivity index (χ1) is 7.63. The van der Waals surface area contributed by atoms with E-state index in [1.165, 1.54) is 21.6 Å². The highest BCUT2D eigenvalue weighted by molar-refractivity contribution is 8.76. The minimum Gasteiger partial charge on any atom is -0.390 e. The molecule has 0 bridgehead atoms. The van der Waals surface area contributed by atoms with E-state index in [-0.39, 0.29) is 12.5 Å². The molecule has 0 amide bonds. The van der Waals surface area contributed by atoms with Crippen LogP contribution in [0.2, 0.25) is 6.04 Å². The second-order valence-electron chi connectivity index (χ2n) is 3.51. The van der Waals surface area contributed by atoms with Crippen molar-refractivity contribution in [2.75, 3.05) is 11.5 Å². The van der Waals surface area contributed by atoms with Crippen molar-refractivity contribution in [1.82, 2.24) is 0 Å². The quantitative estimate of drug-likeness (QED) is 0.144. The molecule has 0 heterocycles. The van der Waals surface area contributed by atoms with Gasteiger partial charge in [0.25, 0.3) is 0 Å². The van der Waals surface area contributed by atoms with Crippen LogP contribution in [-0.4, -0.2) is 68.7 Å². The van der Waals surface area contributed by atoms with Gasteiger partial charge in [-0.2, -0.15) is 0 Å². The molecule has 0 radical (unpaired) electrons. The van der Waals surface area contributed by atoms with Crippen LogP contribution >= 0.6 is 21.6 Å². The molecule has 0 aliphatic carbocycles. The molecule has 0 aromatic carbocycles. The Bertz CT molecular complexity index is 208. The molecule has 104 valence electrons. The van der Waals surface area contributed by atoms with Crippen molar-refractivity contribution in [3.63, 3.8) is 0 Å². The maximum atomic E-state index is 9.09. The molecule has 7 nitrogen and oxygen atoms in total. The molecule has 1 atom stereocenters. The summed E-state index contributed by atoms with van der Waals surface area (Å²) in [7, 11) is -5.57. The van der Waals surface area contributed by atoms with Crippen LogP contribution in [0.15, 0.2) is 0 Å². The van der Waals surface area contributed by atoms with Crippen LogP contribution in [0.5, 0.6) is 0 Å². The van der Waals surface area contributed by atoms with Gasteiger partial charge in [0.1, 0.15) is 5.73 Å². The van der Waals surface area contributed by atoms with Gasteiger partial charge in [-0.15, -0.1) is 0 Å². The van der Waals surface area contributed by atoms with Gasteiger partial charge in [0, 0.05) is 17.5 Å². The molecule has 0 aromatic heterocycles. The number of rotatable bonds is 9. The van der Waals surface area contributed by atoms with Gasteiger partial charge in [0.2, 0.25) is 0 Å². The Morgan fingerprint density at radius 3 is 1.88 bits per heavy atom. The van der Waals surface area contributed by atoms with Crippen molar-refractivity contribution in [3.8, 4) is 0 Å². The lowest BCUT2D eigenvalue weighted by Gasteiger charge is -2.16. The van der Waals surface area contributed by atoms with Gasteiger partial charge >= 0.3 is 17.6 Å². The maximum absolute atomic E-state index is 9.09. The molecule has 0 aliphatic rings. The first kappa shape index (κ1) is 17.9. The van der Waals surface area contributed by atoms with Gasteiger partial charge in [-0.25, -0.2) is 0 Å². The predicted molar refractivity (Wildman–Crippen MR) is 69.8 cm³/mol. The van der Waals surface area contributed by atoms with Crippen molar-refractivity contribution in [3.05, 3.63) is 0 Å². The molecule has 0 fully saturated rings. The van der Waals surface area contributed by atoms with Crippen molar-refractivity contribution in [2.45, 2.75) is 24.6 Å². The smallest absolute Gasteiger partial charge is 0.390 e. The summed E-state index contributed by atoms with van der Waals surface area (Å²) in [5.74, 6) is 1.04. The fraction of sp³-hybridized carbons (Fsp3) is 1.00. The van der Waals surface area contributed by atoms with E-state index in [9.17, 15) is 0 Å². The van der Waals surface area contributed by atoms with Gasteiger partial charge in [-0.3, -0.25) is 0 Å². The lowest BCUT2D eigenvalue weighted by atomic mass is 10.5. The minimum absolute atomic E-state index is 0.0108. The molecule has 11 heteroatoms. The second kappa shape index (κ2) is 8.11. The van der Waals surface area contributed by atoms with Crippen LogP contribution in [-0.2, 0) is 0 Å². The van der Waals surface area contributed by atoms with E-state index in [4.69, 9.17) is 33.9 Å². The summed E-state index contributed by atoms with van der Waals surface area (Å²) in [6.07, 6.45) is 0.542. The van der Waals surface area contributed by atoms with E-state index in [0.29, 0.717) is 17.9 Å². The SMILES string of the molecule is OC(CCSSCCC[Si](O)(O)O)[Si](O)(O)O. The van der Waals surface area contributed by atoms with Crippen molar-refractivity contribution in [2.24, 2.45) is 0 Å². The van der Waals surface area contributed by atoms with Gasteiger partial charge in [-0.05, 0) is 12.8 Å². The summed E-state index contributed by atoms with van der Waals surface area (Å²) in [6, 6.07) is -0.0108. The molecule has 0 aliphatic heterocycles. The number of hydrogen-bond donors (Lipinski definition) is 7. The molecular weight excluding hydrogens is 304 g/mol. The van der Waals surface area contributed by atoms with Crippen LogP contribution in [0.3, 0.4) is 0 Å². The molecule has 17 heavy (non-hydrogen) atoms. The highest BCUT2D eigenvalue weighted by atomic mass is 33.1. The Labute approximate surface area is 109 Å². The van der Waals surface area contributed by atoms with Crippen molar-refractivity contribution in [1.29, 1.82) is 0 Å². The highest BCUT2D eigenvalue weighted by Crippen LogP contribution is 2.24. The molecule has 0 spiro atoms. The van der Waals surface area contributed by atoms with E-state index in [1.54, 1.807) is 0 Å². The average molecular weight is 323 g/mol. The lowest BCUT2D eigenvalue weighted by Crippen LogP contribution is -2.48. The topological polar surface area (TPSA) is 142 Å². The van der Waals surface area contributed by atoms with E-state index in [2.05, 4.69) is 0 Å². The van der Waals surface area contributed by atoms with E-state index in [0.717, 1.165) is 0 Å². The minimum atomic E-state index is -4.42. The summed E-state index contributed by atoms with van der Waals surface area (Å²) < 4.78 is 0. The summed E-state index contributed by atoms with van der Waals surface area (Å²) >= 11 is 0. The summed E-state index contributed by atoms with van der Waals surface area (Å²) in [5, 5.41) is 9.09. The third-order valence-corrected chi connectivity index (χ3v) is 6.48. The average Bonchev–Trinajstić information content (AvgIpc) is 2.12. The summed E-state index contributed by atoms with van der Waals surface area (Å²) in [6.45, 7) is 0. The second-order valence-corrected chi connectivity index (χ2v) is 10.3. The third kappa shape index (κ3) is 11.7. The maximum Gasteiger partial charge on any atom is 0.522 e. The predicted octanol–water partition coefficient (Wildman–Crippen LogP) is -2.12. The fourth-order valence-electron chi connectivity index (χ4n) is 0.840. The Morgan fingerprint density at radius 2 is 1.41 bits per heavy atom. The standard InChI is InChI=1S/C6H18O7S2Si2/c7-6(17(11,12)13)2-4-15-14-3-1-5-16(8,9)10/h6-13H,1-5H2. The Balaban J connectivity index is 3.36. The molecule has 1 unspecified atom stereocenters. The van der Waals surface area contributed by atoms with Crippen LogP contribution in [0.1, 0.15) is 12.8 Å². The zero-order chi connectivity index (χ0) is 13.5. The van der Waals surface area contributed by atoms with Crippen molar-refractivity contribution >= 4 is 39.2 Å². The molecular formula is C6H18O7S2Si2. The molecule has 0 saturated carbocycles. The van der Waals surface area contributed by atoms with Crippen LogP contribution in [0.25, 0.3) is 0 Å². The summed E-state index contributed by atoms with van der Waals surface area (Å²) in [5.41, 5.74) is -1.48. The van der Waals surface area contributed by atoms with Gasteiger partial charge < -0.3 is 33.9 Å². The summed E-state index contributed by atoms with van der Waals surface area (Å²) in [4.78, 5) is 52.3. The lowest BCUT2D eigenvalue weighted by molar-refractivity contribution is 0.114. The van der Waals surface area contributed by atoms with Gasteiger partial charge in [0.05, 0.1) is 0 Å². The molecule has 0 aromatic rings. The Morgan fingerprint density at radius 1 is 0.882 bits per heavy atom. The van der Waals surface area contributed by atoms with Gasteiger partial charge in [0.15, 0.2) is 0 Å². The Hall–Kier alpha value is 0.854. The van der Waals surface area contributed by atoms with E-state index >= 15 is 0 Å². The third-order valence-electron chi connectivity index (χ3n) is 1.74. The normalized spacial score (nSPS) is 15.0. The van der Waals surface area contributed by atoms with E-state index < -0.39 is 23.3 Å². The number of hydrogen-bond acceptors (Lipinski definition) is 9.